The van der Waals surface area contributed by atoms with E-state index in [1.165, 1.54) is 22.6 Å². The van der Waals surface area contributed by atoms with Crippen LogP contribution in [0.3, 0.4) is 0 Å². The van der Waals surface area contributed by atoms with Crippen molar-refractivity contribution >= 4 is 11.8 Å². The fourth-order valence-electron chi connectivity index (χ4n) is 2.08. The molecule has 0 spiro atoms. The zero-order valence-electron chi connectivity index (χ0n) is 8.57. The molecule has 0 saturated heterocycles. The summed E-state index contributed by atoms with van der Waals surface area (Å²) in [6.07, 6.45) is 2.32. The third-order valence-corrected chi connectivity index (χ3v) is 4.08. The number of rotatable bonds is 3. The molecule has 1 aliphatic heterocycles. The van der Waals surface area contributed by atoms with Crippen LogP contribution < -0.4 is 5.73 Å². The van der Waals surface area contributed by atoms with Crippen LogP contribution in [-0.2, 0) is 0 Å². The second-order valence-corrected chi connectivity index (χ2v) is 4.97. The van der Waals surface area contributed by atoms with Crippen LogP contribution in [0.15, 0.2) is 29.2 Å². The smallest absolute Gasteiger partial charge is 0.0116 e. The Kier molecular flexibility index (Phi) is 3.14. The molecule has 0 amide bonds. The number of benzene rings is 1. The quantitative estimate of drug-likeness (QED) is 0.824. The number of thioether (sulfide) groups is 1. The minimum atomic E-state index is 0.344. The molecule has 0 fully saturated rings. The van der Waals surface area contributed by atoms with Crippen LogP contribution in [0.4, 0.5) is 0 Å². The monoisotopic (exact) mass is 207 g/mol. The summed E-state index contributed by atoms with van der Waals surface area (Å²) in [4.78, 5) is 1.43. The molecule has 2 atom stereocenters. The van der Waals surface area contributed by atoms with Gasteiger partial charge in [0.15, 0.2) is 0 Å². The van der Waals surface area contributed by atoms with Crippen molar-refractivity contribution in [2.24, 2.45) is 5.73 Å². The van der Waals surface area contributed by atoms with Gasteiger partial charge in [-0.05, 0) is 18.1 Å². The number of nitrogens with two attached hydrogens (primary N) is 1. The minimum Gasteiger partial charge on any atom is -0.327 e. The third kappa shape index (κ3) is 1.82. The first kappa shape index (κ1) is 10.1. The van der Waals surface area contributed by atoms with Gasteiger partial charge >= 0.3 is 0 Å². The number of hydrogen-bond acceptors (Lipinski definition) is 2. The molecule has 2 heteroatoms. The highest BCUT2D eigenvalue weighted by Gasteiger charge is 2.27. The van der Waals surface area contributed by atoms with Crippen LogP contribution in [0.1, 0.15) is 31.2 Å². The molecule has 0 radical (unpaired) electrons. The van der Waals surface area contributed by atoms with Crippen molar-refractivity contribution in [2.45, 2.75) is 36.6 Å². The predicted molar refractivity (Wildman–Crippen MR) is 62.8 cm³/mol. The molecule has 1 aliphatic rings. The molecular weight excluding hydrogens is 190 g/mol. The van der Waals surface area contributed by atoms with E-state index >= 15 is 0 Å². The second kappa shape index (κ2) is 4.37. The molecule has 1 aromatic rings. The Labute approximate surface area is 90.1 Å². The summed E-state index contributed by atoms with van der Waals surface area (Å²) < 4.78 is 0. The molecule has 0 bridgehead atoms. The zero-order valence-corrected chi connectivity index (χ0v) is 9.39. The van der Waals surface area contributed by atoms with Gasteiger partial charge in [0, 0.05) is 22.6 Å². The lowest BCUT2D eigenvalue weighted by Crippen LogP contribution is -2.28. The summed E-state index contributed by atoms with van der Waals surface area (Å²) in [6.45, 7) is 2.20. The Morgan fingerprint density at radius 1 is 1.50 bits per heavy atom. The lowest BCUT2D eigenvalue weighted by atomic mass is 9.91. The van der Waals surface area contributed by atoms with Gasteiger partial charge < -0.3 is 5.73 Å². The van der Waals surface area contributed by atoms with E-state index in [0.717, 1.165) is 6.42 Å². The number of fused-ring (bicyclic) bond motifs is 1. The Hall–Kier alpha value is -0.470. The van der Waals surface area contributed by atoms with Crippen molar-refractivity contribution in [3.05, 3.63) is 29.8 Å². The average Bonchev–Trinajstić information content (AvgIpc) is 2.61. The molecular formula is C12H17NS. The second-order valence-electron chi connectivity index (χ2n) is 3.91. The zero-order chi connectivity index (χ0) is 9.97. The average molecular weight is 207 g/mol. The van der Waals surface area contributed by atoms with E-state index < -0.39 is 0 Å². The van der Waals surface area contributed by atoms with Gasteiger partial charge in [-0.2, -0.15) is 0 Å². The van der Waals surface area contributed by atoms with Crippen molar-refractivity contribution in [2.75, 3.05) is 5.75 Å². The summed E-state index contributed by atoms with van der Waals surface area (Å²) in [6, 6.07) is 9.01. The molecule has 0 saturated carbocycles. The van der Waals surface area contributed by atoms with Crippen LogP contribution >= 0.6 is 11.8 Å². The lowest BCUT2D eigenvalue weighted by Gasteiger charge is -2.18. The molecule has 2 unspecified atom stereocenters. The van der Waals surface area contributed by atoms with Crippen molar-refractivity contribution in [3.8, 4) is 0 Å². The van der Waals surface area contributed by atoms with Gasteiger partial charge in [-0.1, -0.05) is 31.5 Å². The molecule has 76 valence electrons. The molecule has 1 aromatic carbocycles. The highest BCUT2D eigenvalue weighted by atomic mass is 32.2. The maximum Gasteiger partial charge on any atom is 0.0116 e. The van der Waals surface area contributed by atoms with Gasteiger partial charge in [0.2, 0.25) is 0 Å². The van der Waals surface area contributed by atoms with Gasteiger partial charge in [0.25, 0.3) is 0 Å². The maximum absolute atomic E-state index is 6.19. The van der Waals surface area contributed by atoms with Gasteiger partial charge in [-0.15, -0.1) is 11.8 Å². The van der Waals surface area contributed by atoms with Gasteiger partial charge in [0.05, 0.1) is 0 Å². The first-order chi connectivity index (χ1) is 6.83. The SMILES string of the molecule is CCCC(N)C1CSc2ccccc21. The molecule has 14 heavy (non-hydrogen) atoms. The van der Waals surface area contributed by atoms with Crippen molar-refractivity contribution in [1.29, 1.82) is 0 Å². The fourth-order valence-corrected chi connectivity index (χ4v) is 3.42. The Balaban J connectivity index is 2.17. The summed E-state index contributed by atoms with van der Waals surface area (Å²) in [5.74, 6) is 1.75. The van der Waals surface area contributed by atoms with E-state index in [1.807, 2.05) is 11.8 Å². The summed E-state index contributed by atoms with van der Waals surface area (Å²) in [5.41, 5.74) is 7.66. The summed E-state index contributed by atoms with van der Waals surface area (Å²) in [7, 11) is 0. The van der Waals surface area contributed by atoms with Crippen LogP contribution in [0, 0.1) is 0 Å². The van der Waals surface area contributed by atoms with Crippen LogP contribution in [0.25, 0.3) is 0 Å². The van der Waals surface area contributed by atoms with E-state index in [-0.39, 0.29) is 0 Å². The minimum absolute atomic E-state index is 0.344. The lowest BCUT2D eigenvalue weighted by molar-refractivity contribution is 0.529. The highest BCUT2D eigenvalue weighted by Crippen LogP contribution is 2.41. The van der Waals surface area contributed by atoms with E-state index in [2.05, 4.69) is 31.2 Å². The molecule has 0 aliphatic carbocycles. The summed E-state index contributed by atoms with van der Waals surface area (Å²) in [5, 5.41) is 0. The molecule has 2 rings (SSSR count). The number of hydrogen-bond donors (Lipinski definition) is 1. The Morgan fingerprint density at radius 3 is 3.07 bits per heavy atom. The Bertz CT molecular complexity index is 311. The molecule has 1 nitrogen and oxygen atoms in total. The highest BCUT2D eigenvalue weighted by molar-refractivity contribution is 7.99. The summed E-state index contributed by atoms with van der Waals surface area (Å²) >= 11 is 1.95. The third-order valence-electron chi connectivity index (χ3n) is 2.88. The van der Waals surface area contributed by atoms with E-state index in [9.17, 15) is 0 Å². The molecule has 1 heterocycles. The normalized spacial score (nSPS) is 22.0. The first-order valence-corrected chi connectivity index (χ1v) is 6.28. The molecule has 0 aromatic heterocycles. The fraction of sp³-hybridized carbons (Fsp3) is 0.500. The van der Waals surface area contributed by atoms with Gasteiger partial charge in [-0.25, -0.2) is 0 Å². The van der Waals surface area contributed by atoms with Crippen LogP contribution in [0.2, 0.25) is 0 Å². The van der Waals surface area contributed by atoms with Crippen LogP contribution in [-0.4, -0.2) is 11.8 Å². The molecule has 2 N–H and O–H groups in total. The van der Waals surface area contributed by atoms with Crippen molar-refractivity contribution < 1.29 is 0 Å². The van der Waals surface area contributed by atoms with Crippen molar-refractivity contribution in [1.82, 2.24) is 0 Å². The maximum atomic E-state index is 6.19. The van der Waals surface area contributed by atoms with E-state index in [1.54, 1.807) is 0 Å². The first-order valence-electron chi connectivity index (χ1n) is 5.30. The topological polar surface area (TPSA) is 26.0 Å². The Morgan fingerprint density at radius 2 is 2.29 bits per heavy atom. The largest absolute Gasteiger partial charge is 0.327 e. The van der Waals surface area contributed by atoms with Crippen molar-refractivity contribution in [3.63, 3.8) is 0 Å². The van der Waals surface area contributed by atoms with E-state index in [0.29, 0.717) is 12.0 Å². The van der Waals surface area contributed by atoms with Gasteiger partial charge in [0.1, 0.15) is 0 Å². The standard InChI is InChI=1S/C12H17NS/c1-2-5-11(13)10-8-14-12-7-4-3-6-9(10)12/h3-4,6-7,10-11H,2,5,8,13H2,1H3. The predicted octanol–water partition coefficient (Wildman–Crippen LogP) is 3.00. The van der Waals surface area contributed by atoms with Gasteiger partial charge in [-0.3, -0.25) is 0 Å². The van der Waals surface area contributed by atoms with E-state index in [4.69, 9.17) is 5.73 Å². The van der Waals surface area contributed by atoms with Crippen LogP contribution in [0.5, 0.6) is 0 Å².